The van der Waals surface area contributed by atoms with E-state index in [1.165, 1.54) is 0 Å². The van der Waals surface area contributed by atoms with Gasteiger partial charge in [-0.25, -0.2) is 0 Å². The fourth-order valence-electron chi connectivity index (χ4n) is 1.37. The average molecular weight is 287 g/mol. The number of benzene rings is 1. The Labute approximate surface area is 89.1 Å². The molecule has 0 aliphatic heterocycles. The van der Waals surface area contributed by atoms with E-state index in [2.05, 4.69) is 27.6 Å². The van der Waals surface area contributed by atoms with Gasteiger partial charge in [-0.15, -0.1) is 0 Å². The van der Waals surface area contributed by atoms with Gasteiger partial charge in [0.05, 0.1) is 0 Å². The molecular weight excluding hydrogens is 280 g/mol. The molecule has 3 nitrogen and oxygen atoms in total. The molecule has 3 N–H and O–H groups in total. The highest BCUT2D eigenvalue weighted by Crippen LogP contribution is 2.14. The number of halogens is 1. The molecule has 5 heteroatoms. The number of aromatic nitrogens is 1. The molecule has 0 amide bonds. The van der Waals surface area contributed by atoms with Crippen molar-refractivity contribution in [2.45, 2.75) is 0 Å². The summed E-state index contributed by atoms with van der Waals surface area (Å²) in [7, 11) is -1.42. The quantitative estimate of drug-likeness (QED) is 0.527. The van der Waals surface area contributed by atoms with Crippen LogP contribution in [0.5, 0.6) is 0 Å². The predicted octanol–water partition coefficient (Wildman–Crippen LogP) is 0.452. The van der Waals surface area contributed by atoms with Gasteiger partial charge in [0.25, 0.3) is 0 Å². The number of rotatable bonds is 1. The maximum atomic E-state index is 9.10. The van der Waals surface area contributed by atoms with Gasteiger partial charge in [0, 0.05) is 26.1 Å². The summed E-state index contributed by atoms with van der Waals surface area (Å²) in [6, 6.07) is 5.64. The third-order valence-electron chi connectivity index (χ3n) is 1.93. The van der Waals surface area contributed by atoms with Crippen LogP contribution in [0.25, 0.3) is 10.9 Å². The molecule has 1 aromatic carbocycles. The Hall–Kier alpha value is -0.525. The fourth-order valence-corrected chi connectivity index (χ4v) is 2.04. The van der Waals surface area contributed by atoms with E-state index >= 15 is 0 Å². The first-order valence-corrected chi connectivity index (χ1v) is 4.89. The predicted molar refractivity (Wildman–Crippen MR) is 60.8 cm³/mol. The van der Waals surface area contributed by atoms with Gasteiger partial charge in [-0.1, -0.05) is 0 Å². The van der Waals surface area contributed by atoms with Crippen molar-refractivity contribution in [2.75, 3.05) is 0 Å². The van der Waals surface area contributed by atoms with E-state index in [-0.39, 0.29) is 0 Å². The first-order valence-electron chi connectivity index (χ1n) is 3.81. The van der Waals surface area contributed by atoms with Crippen molar-refractivity contribution in [1.82, 2.24) is 4.98 Å². The smallest absolute Gasteiger partial charge is 0.423 e. The monoisotopic (exact) mass is 287 g/mol. The van der Waals surface area contributed by atoms with Gasteiger partial charge in [0.1, 0.15) is 0 Å². The van der Waals surface area contributed by atoms with Crippen molar-refractivity contribution in [3.05, 3.63) is 28.0 Å². The molecule has 0 spiro atoms. The lowest BCUT2D eigenvalue weighted by Crippen LogP contribution is -2.30. The van der Waals surface area contributed by atoms with Gasteiger partial charge < -0.3 is 15.0 Å². The van der Waals surface area contributed by atoms with Crippen LogP contribution in [0.1, 0.15) is 0 Å². The van der Waals surface area contributed by atoms with Crippen LogP contribution in [0.3, 0.4) is 0 Å². The molecule has 0 atom stereocenters. The molecule has 0 aliphatic carbocycles. The maximum absolute atomic E-state index is 9.10. The first kappa shape index (κ1) is 9.05. The summed E-state index contributed by atoms with van der Waals surface area (Å²) >= 11 is 2.15. The minimum absolute atomic E-state index is 0.520. The maximum Gasteiger partial charge on any atom is 0.490 e. The third-order valence-corrected chi connectivity index (χ3v) is 2.56. The van der Waals surface area contributed by atoms with Crippen molar-refractivity contribution in [1.29, 1.82) is 0 Å². The Morgan fingerprint density at radius 3 is 2.77 bits per heavy atom. The van der Waals surface area contributed by atoms with E-state index in [0.29, 0.717) is 5.46 Å². The van der Waals surface area contributed by atoms with E-state index < -0.39 is 7.12 Å². The fraction of sp³-hybridized carbons (Fsp3) is 0. The molecule has 1 heterocycles. The Balaban J connectivity index is 2.77. The highest BCUT2D eigenvalue weighted by atomic mass is 127. The molecular formula is C8H7BINO2. The van der Waals surface area contributed by atoms with Crippen LogP contribution >= 0.6 is 22.6 Å². The van der Waals surface area contributed by atoms with Crippen molar-refractivity contribution >= 4 is 46.1 Å². The summed E-state index contributed by atoms with van der Waals surface area (Å²) in [5, 5.41) is 19.2. The summed E-state index contributed by atoms with van der Waals surface area (Å²) in [6.45, 7) is 0. The largest absolute Gasteiger partial charge is 0.490 e. The van der Waals surface area contributed by atoms with Gasteiger partial charge in [-0.3, -0.25) is 0 Å². The van der Waals surface area contributed by atoms with Crippen molar-refractivity contribution in [3.63, 3.8) is 0 Å². The Morgan fingerprint density at radius 1 is 1.31 bits per heavy atom. The summed E-state index contributed by atoms with van der Waals surface area (Å²) in [4.78, 5) is 2.97. The Morgan fingerprint density at radius 2 is 2.08 bits per heavy atom. The molecule has 0 unspecified atom stereocenters. The van der Waals surface area contributed by atoms with Gasteiger partial charge in [0.2, 0.25) is 0 Å². The minimum Gasteiger partial charge on any atom is -0.423 e. The molecule has 13 heavy (non-hydrogen) atoms. The van der Waals surface area contributed by atoms with Gasteiger partial charge >= 0.3 is 7.12 Å². The summed E-state index contributed by atoms with van der Waals surface area (Å²) in [5.41, 5.74) is 1.31. The van der Waals surface area contributed by atoms with Gasteiger partial charge in [-0.2, -0.15) is 0 Å². The van der Waals surface area contributed by atoms with Crippen LogP contribution in [0, 0.1) is 3.57 Å². The number of hydrogen-bond donors (Lipinski definition) is 3. The van der Waals surface area contributed by atoms with Crippen molar-refractivity contribution < 1.29 is 10.0 Å². The van der Waals surface area contributed by atoms with E-state index in [9.17, 15) is 0 Å². The number of nitrogens with one attached hydrogen (secondary N) is 1. The number of aromatic amines is 1. The highest BCUT2D eigenvalue weighted by molar-refractivity contribution is 14.1. The van der Waals surface area contributed by atoms with Crippen LogP contribution in [0.2, 0.25) is 0 Å². The Bertz CT molecular complexity index is 441. The second kappa shape index (κ2) is 3.32. The van der Waals surface area contributed by atoms with Crippen LogP contribution in [0.15, 0.2) is 24.4 Å². The number of hydrogen-bond acceptors (Lipinski definition) is 2. The van der Waals surface area contributed by atoms with Crippen LogP contribution in [-0.4, -0.2) is 22.2 Å². The molecule has 0 aliphatic rings. The summed E-state index contributed by atoms with van der Waals surface area (Å²) in [5.74, 6) is 0. The van der Waals surface area contributed by atoms with Crippen LogP contribution < -0.4 is 5.46 Å². The SMILES string of the molecule is OB(O)c1cc(I)cc2cc[nH]c12. The second-order valence-corrected chi connectivity index (χ2v) is 4.06. The van der Waals surface area contributed by atoms with E-state index in [0.717, 1.165) is 14.5 Å². The third kappa shape index (κ3) is 1.59. The molecule has 66 valence electrons. The lowest BCUT2D eigenvalue weighted by molar-refractivity contribution is 0.426. The van der Waals surface area contributed by atoms with Crippen LogP contribution in [-0.2, 0) is 0 Å². The molecule has 0 saturated heterocycles. The Kier molecular flexibility index (Phi) is 2.31. The summed E-state index contributed by atoms with van der Waals surface area (Å²) in [6.07, 6.45) is 1.78. The molecule has 2 rings (SSSR count). The van der Waals surface area contributed by atoms with Gasteiger partial charge in [0.15, 0.2) is 0 Å². The average Bonchev–Trinajstić information content (AvgIpc) is 2.49. The highest BCUT2D eigenvalue weighted by Gasteiger charge is 2.15. The zero-order valence-corrected chi connectivity index (χ0v) is 8.82. The lowest BCUT2D eigenvalue weighted by Gasteiger charge is -2.02. The normalized spacial score (nSPS) is 10.7. The zero-order chi connectivity index (χ0) is 9.42. The van der Waals surface area contributed by atoms with Crippen molar-refractivity contribution in [2.24, 2.45) is 0 Å². The topological polar surface area (TPSA) is 56.2 Å². The molecule has 0 radical (unpaired) electrons. The molecule has 2 aromatic rings. The van der Waals surface area contributed by atoms with Crippen molar-refractivity contribution in [3.8, 4) is 0 Å². The molecule has 0 bridgehead atoms. The number of H-pyrrole nitrogens is 1. The summed E-state index contributed by atoms with van der Waals surface area (Å²) < 4.78 is 0.993. The van der Waals surface area contributed by atoms with E-state index in [4.69, 9.17) is 10.0 Å². The zero-order valence-electron chi connectivity index (χ0n) is 6.66. The van der Waals surface area contributed by atoms with Crippen LogP contribution in [0.4, 0.5) is 0 Å². The first-order chi connectivity index (χ1) is 6.18. The van der Waals surface area contributed by atoms with E-state index in [1.807, 2.05) is 12.1 Å². The minimum atomic E-state index is -1.42. The molecule has 0 fully saturated rings. The van der Waals surface area contributed by atoms with E-state index in [1.54, 1.807) is 12.3 Å². The second-order valence-electron chi connectivity index (χ2n) is 2.81. The van der Waals surface area contributed by atoms with Gasteiger partial charge in [-0.05, 0) is 40.8 Å². The standard InChI is InChI=1S/C8H7BINO2/c10-6-3-5-1-2-11-8(5)7(4-6)9(12)13/h1-4,11-13H. The molecule has 1 aromatic heterocycles. The number of fused-ring (bicyclic) bond motifs is 1. The lowest BCUT2D eigenvalue weighted by atomic mass is 9.79. The molecule has 0 saturated carbocycles.